The van der Waals surface area contributed by atoms with Crippen LogP contribution in [-0.2, 0) is 4.79 Å². The maximum absolute atomic E-state index is 12.4. The highest BCUT2D eigenvalue weighted by Gasteiger charge is 2.35. The van der Waals surface area contributed by atoms with E-state index in [1.807, 2.05) is 0 Å². The van der Waals surface area contributed by atoms with E-state index in [1.54, 1.807) is 0 Å². The fourth-order valence-corrected chi connectivity index (χ4v) is 2.85. The van der Waals surface area contributed by atoms with Gasteiger partial charge in [0.05, 0.1) is 6.04 Å². The number of nitrogens with one attached hydrogen (secondary N) is 1. The van der Waals surface area contributed by atoms with Gasteiger partial charge in [-0.2, -0.15) is 0 Å². The lowest BCUT2D eigenvalue weighted by Crippen LogP contribution is -2.44. The second-order valence-electron chi connectivity index (χ2n) is 5.78. The molecule has 1 aliphatic rings. The summed E-state index contributed by atoms with van der Waals surface area (Å²) in [4.78, 5) is 14.5. The van der Waals surface area contributed by atoms with Crippen molar-refractivity contribution in [2.75, 3.05) is 6.54 Å². The van der Waals surface area contributed by atoms with Crippen LogP contribution in [0.25, 0.3) is 0 Å². The third-order valence-electron chi connectivity index (χ3n) is 3.73. The molecule has 18 heavy (non-hydrogen) atoms. The molecule has 1 N–H and O–H groups in total. The molecule has 1 rings (SSSR count). The van der Waals surface area contributed by atoms with E-state index < -0.39 is 0 Å². The average molecular weight is 254 g/mol. The van der Waals surface area contributed by atoms with E-state index in [0.717, 1.165) is 19.4 Å². The monoisotopic (exact) mass is 254 g/mol. The Hall–Kier alpha value is -0.570. The maximum Gasteiger partial charge on any atom is 0.240 e. The summed E-state index contributed by atoms with van der Waals surface area (Å²) in [6.45, 7) is 9.59. The lowest BCUT2D eigenvalue weighted by Gasteiger charge is -2.28. The zero-order chi connectivity index (χ0) is 13.5. The van der Waals surface area contributed by atoms with Crippen molar-refractivity contribution < 1.29 is 4.79 Å². The number of carbonyl (C=O) groups excluding carboxylic acids is 1. The van der Waals surface area contributed by atoms with Crippen LogP contribution in [-0.4, -0.2) is 35.5 Å². The number of nitrogens with zero attached hydrogens (tertiary/aromatic N) is 1. The molecule has 0 bridgehead atoms. The first-order valence-corrected chi connectivity index (χ1v) is 7.66. The van der Waals surface area contributed by atoms with Crippen LogP contribution in [0.15, 0.2) is 0 Å². The quantitative estimate of drug-likeness (QED) is 0.722. The van der Waals surface area contributed by atoms with Crippen LogP contribution in [0, 0.1) is 0 Å². The summed E-state index contributed by atoms with van der Waals surface area (Å²) in [6, 6.07) is 0.923. The third-order valence-corrected chi connectivity index (χ3v) is 3.73. The first kappa shape index (κ1) is 15.5. The number of rotatable bonds is 8. The number of amides is 1. The van der Waals surface area contributed by atoms with Gasteiger partial charge in [-0.15, -0.1) is 0 Å². The predicted octanol–water partition coefficient (Wildman–Crippen LogP) is 2.94. The SMILES string of the molecule is CCCCC(CCC)N1CCC(NC(C)C)C1=O. The van der Waals surface area contributed by atoms with Gasteiger partial charge in [0, 0.05) is 18.6 Å². The van der Waals surface area contributed by atoms with Crippen molar-refractivity contribution in [2.45, 2.75) is 84.3 Å². The summed E-state index contributed by atoms with van der Waals surface area (Å²) in [5.74, 6) is 0.332. The van der Waals surface area contributed by atoms with E-state index in [9.17, 15) is 4.79 Å². The van der Waals surface area contributed by atoms with Gasteiger partial charge >= 0.3 is 0 Å². The molecular formula is C15H30N2O. The summed E-state index contributed by atoms with van der Waals surface area (Å²) >= 11 is 0. The third kappa shape index (κ3) is 4.27. The number of hydrogen-bond donors (Lipinski definition) is 1. The number of unbranched alkanes of at least 4 members (excludes halogenated alkanes) is 1. The van der Waals surface area contributed by atoms with Crippen molar-refractivity contribution in [2.24, 2.45) is 0 Å². The zero-order valence-corrected chi connectivity index (χ0v) is 12.5. The van der Waals surface area contributed by atoms with Crippen molar-refractivity contribution in [3.8, 4) is 0 Å². The highest BCUT2D eigenvalue weighted by atomic mass is 16.2. The number of likely N-dealkylation sites (tertiary alicyclic amines) is 1. The van der Waals surface area contributed by atoms with E-state index in [0.29, 0.717) is 18.0 Å². The molecule has 1 aliphatic heterocycles. The van der Waals surface area contributed by atoms with Gasteiger partial charge in [0.1, 0.15) is 0 Å². The molecular weight excluding hydrogens is 224 g/mol. The Balaban J connectivity index is 2.55. The van der Waals surface area contributed by atoms with Gasteiger partial charge in [0.2, 0.25) is 5.91 Å². The Labute approximate surface area is 112 Å². The number of carbonyl (C=O) groups is 1. The number of hydrogen-bond acceptors (Lipinski definition) is 2. The van der Waals surface area contributed by atoms with Gasteiger partial charge < -0.3 is 10.2 Å². The molecule has 0 aromatic carbocycles. The van der Waals surface area contributed by atoms with Gasteiger partial charge in [-0.1, -0.05) is 47.0 Å². The van der Waals surface area contributed by atoms with Crippen molar-refractivity contribution in [3.05, 3.63) is 0 Å². The molecule has 0 aliphatic carbocycles. The minimum atomic E-state index is 0.0611. The van der Waals surface area contributed by atoms with Crippen LogP contribution >= 0.6 is 0 Å². The fraction of sp³-hybridized carbons (Fsp3) is 0.933. The van der Waals surface area contributed by atoms with Gasteiger partial charge in [-0.05, 0) is 19.3 Å². The van der Waals surface area contributed by atoms with E-state index >= 15 is 0 Å². The summed E-state index contributed by atoms with van der Waals surface area (Å²) in [7, 11) is 0. The molecule has 0 radical (unpaired) electrons. The van der Waals surface area contributed by atoms with E-state index in [1.165, 1.54) is 25.7 Å². The first-order valence-electron chi connectivity index (χ1n) is 7.66. The van der Waals surface area contributed by atoms with Gasteiger partial charge in [-0.3, -0.25) is 4.79 Å². The average Bonchev–Trinajstić information content (AvgIpc) is 2.66. The predicted molar refractivity (Wildman–Crippen MR) is 76.6 cm³/mol. The minimum Gasteiger partial charge on any atom is -0.338 e. The molecule has 1 heterocycles. The molecule has 3 nitrogen and oxygen atoms in total. The summed E-state index contributed by atoms with van der Waals surface area (Å²) < 4.78 is 0. The molecule has 1 amide bonds. The Morgan fingerprint density at radius 3 is 2.56 bits per heavy atom. The second kappa shape index (κ2) is 7.78. The molecule has 106 valence electrons. The lowest BCUT2D eigenvalue weighted by molar-refractivity contribution is -0.131. The van der Waals surface area contributed by atoms with Gasteiger partial charge in [0.25, 0.3) is 0 Å². The molecule has 1 saturated heterocycles. The normalized spacial score (nSPS) is 21.9. The molecule has 1 fully saturated rings. The zero-order valence-electron chi connectivity index (χ0n) is 12.5. The molecule has 3 heteroatoms. The van der Waals surface area contributed by atoms with Crippen LogP contribution in [0.3, 0.4) is 0 Å². The van der Waals surface area contributed by atoms with Crippen LogP contribution < -0.4 is 5.32 Å². The summed E-state index contributed by atoms with van der Waals surface area (Å²) in [5, 5.41) is 3.38. The maximum atomic E-state index is 12.4. The Morgan fingerprint density at radius 2 is 2.00 bits per heavy atom. The van der Waals surface area contributed by atoms with Crippen LogP contribution in [0.1, 0.15) is 66.2 Å². The standard InChI is InChI=1S/C15H30N2O/c1-5-7-9-13(8-6-2)17-11-10-14(15(17)18)16-12(3)4/h12-14,16H,5-11H2,1-4H3. The van der Waals surface area contributed by atoms with Crippen LogP contribution in [0.2, 0.25) is 0 Å². The van der Waals surface area contributed by atoms with E-state index in [2.05, 4.69) is 37.9 Å². The second-order valence-corrected chi connectivity index (χ2v) is 5.78. The first-order chi connectivity index (χ1) is 8.60. The molecule has 2 atom stereocenters. The van der Waals surface area contributed by atoms with Crippen LogP contribution in [0.4, 0.5) is 0 Å². The molecule has 2 unspecified atom stereocenters. The minimum absolute atomic E-state index is 0.0611. The van der Waals surface area contributed by atoms with Crippen LogP contribution in [0.5, 0.6) is 0 Å². The van der Waals surface area contributed by atoms with Gasteiger partial charge in [0.15, 0.2) is 0 Å². The highest BCUT2D eigenvalue weighted by Crippen LogP contribution is 2.21. The summed E-state index contributed by atoms with van der Waals surface area (Å²) in [5.41, 5.74) is 0. The van der Waals surface area contributed by atoms with Crippen molar-refractivity contribution in [1.82, 2.24) is 10.2 Å². The molecule has 0 saturated carbocycles. The van der Waals surface area contributed by atoms with Crippen molar-refractivity contribution in [3.63, 3.8) is 0 Å². The Kier molecular flexibility index (Phi) is 6.69. The Bertz CT molecular complexity index is 253. The van der Waals surface area contributed by atoms with Crippen molar-refractivity contribution in [1.29, 1.82) is 0 Å². The lowest BCUT2D eigenvalue weighted by atomic mass is 10.0. The fourth-order valence-electron chi connectivity index (χ4n) is 2.85. The van der Waals surface area contributed by atoms with Crippen molar-refractivity contribution >= 4 is 5.91 Å². The molecule has 0 aromatic rings. The molecule has 0 spiro atoms. The topological polar surface area (TPSA) is 32.3 Å². The van der Waals surface area contributed by atoms with Gasteiger partial charge in [-0.25, -0.2) is 0 Å². The Morgan fingerprint density at radius 1 is 1.28 bits per heavy atom. The largest absolute Gasteiger partial charge is 0.338 e. The summed E-state index contributed by atoms with van der Waals surface area (Å²) in [6.07, 6.45) is 6.92. The molecule has 0 aromatic heterocycles. The highest BCUT2D eigenvalue weighted by molar-refractivity contribution is 5.84. The smallest absolute Gasteiger partial charge is 0.240 e. The van der Waals surface area contributed by atoms with E-state index in [4.69, 9.17) is 0 Å². The van der Waals surface area contributed by atoms with E-state index in [-0.39, 0.29) is 6.04 Å².